The molecule has 2 rings (SSSR count). The summed E-state index contributed by atoms with van der Waals surface area (Å²) < 4.78 is 0. The molecule has 0 saturated carbocycles. The molecule has 3 heteroatoms. The summed E-state index contributed by atoms with van der Waals surface area (Å²) in [5, 5.41) is 2.81. The number of amides is 1. The van der Waals surface area contributed by atoms with Gasteiger partial charge in [0.05, 0.1) is 17.3 Å². The number of carbonyl (C=O) groups excluding carboxylic acids is 1. The Kier molecular flexibility index (Phi) is 1.40. The second kappa shape index (κ2) is 2.30. The van der Waals surface area contributed by atoms with Crippen LogP contribution in [0.5, 0.6) is 0 Å². The van der Waals surface area contributed by atoms with Gasteiger partial charge in [0, 0.05) is 6.20 Å². The highest BCUT2D eigenvalue weighted by Crippen LogP contribution is 2.22. The number of hydrogen-bond acceptors (Lipinski definition) is 2. The molecule has 1 N–H and O–H groups in total. The van der Waals surface area contributed by atoms with Crippen LogP contribution in [0, 0.1) is 6.92 Å². The lowest BCUT2D eigenvalue weighted by Crippen LogP contribution is -2.16. The van der Waals surface area contributed by atoms with Crippen LogP contribution in [0.4, 0.5) is 0 Å². The fourth-order valence-corrected chi connectivity index (χ4v) is 1.45. The normalized spacial score (nSPS) is 20.5. The molecule has 1 atom stereocenters. The lowest BCUT2D eigenvalue weighted by molar-refractivity contribution is 0.0958. The molecular weight excluding hydrogens is 152 g/mol. The van der Waals surface area contributed by atoms with E-state index in [2.05, 4.69) is 10.3 Å². The summed E-state index contributed by atoms with van der Waals surface area (Å²) in [4.78, 5) is 15.5. The number of nitrogens with one attached hydrogen (secondary N) is 1. The van der Waals surface area contributed by atoms with E-state index in [1.807, 2.05) is 19.9 Å². The average Bonchev–Trinajstić information content (AvgIpc) is 2.28. The van der Waals surface area contributed by atoms with Crippen LogP contribution >= 0.6 is 0 Å². The minimum atomic E-state index is -0.00583. The summed E-state index contributed by atoms with van der Waals surface area (Å²) >= 11 is 0. The van der Waals surface area contributed by atoms with Gasteiger partial charge in [0.25, 0.3) is 5.91 Å². The summed E-state index contributed by atoms with van der Waals surface area (Å²) in [6.07, 6.45) is 1.79. The Hall–Kier alpha value is -1.38. The van der Waals surface area contributed by atoms with Gasteiger partial charge in [-0.05, 0) is 25.5 Å². The van der Waals surface area contributed by atoms with Crippen LogP contribution < -0.4 is 5.32 Å². The summed E-state index contributed by atoms with van der Waals surface area (Å²) in [6, 6.07) is 1.94. The van der Waals surface area contributed by atoms with Crippen molar-refractivity contribution in [3.63, 3.8) is 0 Å². The molecule has 0 spiro atoms. The number of fused-ring (bicyclic) bond motifs is 1. The van der Waals surface area contributed by atoms with Crippen LogP contribution in [0.1, 0.15) is 34.6 Å². The van der Waals surface area contributed by atoms with E-state index in [0.717, 1.165) is 16.8 Å². The molecule has 0 aliphatic carbocycles. The fraction of sp³-hybridized carbons (Fsp3) is 0.333. The SMILES string of the molecule is Cc1cnc2c(c1)C(=O)NC2C. The Morgan fingerprint density at radius 1 is 1.58 bits per heavy atom. The van der Waals surface area contributed by atoms with Gasteiger partial charge in [-0.15, -0.1) is 0 Å². The second-order valence-corrected chi connectivity index (χ2v) is 3.14. The van der Waals surface area contributed by atoms with E-state index in [-0.39, 0.29) is 11.9 Å². The van der Waals surface area contributed by atoms with E-state index in [1.54, 1.807) is 6.20 Å². The standard InChI is InChI=1S/C9H10N2O/c1-5-3-7-8(10-4-5)6(2)11-9(7)12/h3-4,6H,1-2H3,(H,11,12). The van der Waals surface area contributed by atoms with Crippen LogP contribution in [0.3, 0.4) is 0 Å². The van der Waals surface area contributed by atoms with Crippen molar-refractivity contribution in [2.45, 2.75) is 19.9 Å². The van der Waals surface area contributed by atoms with Gasteiger partial charge in [0.2, 0.25) is 0 Å². The van der Waals surface area contributed by atoms with Crippen LogP contribution in [-0.2, 0) is 0 Å². The molecule has 0 radical (unpaired) electrons. The van der Waals surface area contributed by atoms with Crippen LogP contribution in [0.25, 0.3) is 0 Å². The molecule has 0 aromatic carbocycles. The Bertz CT molecular complexity index is 346. The van der Waals surface area contributed by atoms with Gasteiger partial charge in [-0.2, -0.15) is 0 Å². The average molecular weight is 162 g/mol. The van der Waals surface area contributed by atoms with Gasteiger partial charge in [-0.25, -0.2) is 0 Å². The topological polar surface area (TPSA) is 42.0 Å². The monoisotopic (exact) mass is 162 g/mol. The molecule has 2 heterocycles. The first-order chi connectivity index (χ1) is 5.68. The van der Waals surface area contributed by atoms with E-state index in [1.165, 1.54) is 0 Å². The van der Waals surface area contributed by atoms with Crippen LogP contribution in [0.15, 0.2) is 12.3 Å². The van der Waals surface area contributed by atoms with Gasteiger partial charge in [-0.3, -0.25) is 9.78 Å². The van der Waals surface area contributed by atoms with Crippen molar-refractivity contribution in [1.29, 1.82) is 0 Å². The Labute approximate surface area is 70.8 Å². The van der Waals surface area contributed by atoms with Crippen molar-refractivity contribution in [1.82, 2.24) is 10.3 Å². The molecule has 1 unspecified atom stereocenters. The number of aryl methyl sites for hydroxylation is 1. The summed E-state index contributed by atoms with van der Waals surface area (Å²) in [6.45, 7) is 3.87. The number of rotatable bonds is 0. The predicted octanol–water partition coefficient (Wildman–Crippen LogP) is 1.19. The molecule has 62 valence electrons. The van der Waals surface area contributed by atoms with E-state index in [9.17, 15) is 4.79 Å². The molecule has 1 aromatic rings. The van der Waals surface area contributed by atoms with E-state index in [4.69, 9.17) is 0 Å². The van der Waals surface area contributed by atoms with Gasteiger partial charge >= 0.3 is 0 Å². The summed E-state index contributed by atoms with van der Waals surface area (Å²) in [5.41, 5.74) is 2.62. The van der Waals surface area contributed by atoms with Crippen molar-refractivity contribution >= 4 is 5.91 Å². The minimum Gasteiger partial charge on any atom is -0.344 e. The molecule has 0 saturated heterocycles. The van der Waals surface area contributed by atoms with Gasteiger partial charge in [0.1, 0.15) is 0 Å². The van der Waals surface area contributed by atoms with E-state index < -0.39 is 0 Å². The number of pyridine rings is 1. The molecule has 0 fully saturated rings. The lowest BCUT2D eigenvalue weighted by Gasteiger charge is -2.00. The number of hydrogen-bond donors (Lipinski definition) is 1. The van der Waals surface area contributed by atoms with Gasteiger partial charge in [0.15, 0.2) is 0 Å². The molecule has 3 nitrogen and oxygen atoms in total. The molecule has 1 amide bonds. The first-order valence-electron chi connectivity index (χ1n) is 3.96. The maximum atomic E-state index is 11.3. The van der Waals surface area contributed by atoms with Crippen LogP contribution in [-0.4, -0.2) is 10.9 Å². The third-order valence-electron chi connectivity index (χ3n) is 2.06. The second-order valence-electron chi connectivity index (χ2n) is 3.14. The van der Waals surface area contributed by atoms with E-state index in [0.29, 0.717) is 0 Å². The highest BCUT2D eigenvalue weighted by molar-refractivity contribution is 5.98. The molecule has 1 aliphatic rings. The smallest absolute Gasteiger partial charge is 0.253 e. The van der Waals surface area contributed by atoms with Crippen LogP contribution in [0.2, 0.25) is 0 Å². The predicted molar refractivity (Wildman–Crippen MR) is 44.9 cm³/mol. The van der Waals surface area contributed by atoms with Gasteiger partial charge < -0.3 is 5.32 Å². The molecular formula is C9H10N2O. The maximum absolute atomic E-state index is 11.3. The third-order valence-corrected chi connectivity index (χ3v) is 2.06. The maximum Gasteiger partial charge on any atom is 0.253 e. The van der Waals surface area contributed by atoms with Gasteiger partial charge in [-0.1, -0.05) is 0 Å². The zero-order valence-electron chi connectivity index (χ0n) is 7.09. The summed E-state index contributed by atoms with van der Waals surface area (Å²) in [5.74, 6) is -0.00583. The largest absolute Gasteiger partial charge is 0.344 e. The molecule has 1 aliphatic heterocycles. The highest BCUT2D eigenvalue weighted by Gasteiger charge is 2.26. The van der Waals surface area contributed by atoms with Crippen molar-refractivity contribution in [3.8, 4) is 0 Å². The molecule has 0 bridgehead atoms. The van der Waals surface area contributed by atoms with Crippen molar-refractivity contribution in [3.05, 3.63) is 29.1 Å². The molecule has 1 aromatic heterocycles. The zero-order valence-corrected chi connectivity index (χ0v) is 7.09. The summed E-state index contributed by atoms with van der Waals surface area (Å²) in [7, 11) is 0. The number of aromatic nitrogens is 1. The number of nitrogens with zero attached hydrogens (tertiary/aromatic N) is 1. The first kappa shape index (κ1) is 7.28. The van der Waals surface area contributed by atoms with E-state index >= 15 is 0 Å². The highest BCUT2D eigenvalue weighted by atomic mass is 16.2. The fourth-order valence-electron chi connectivity index (χ4n) is 1.45. The lowest BCUT2D eigenvalue weighted by atomic mass is 10.1. The number of carbonyl (C=O) groups is 1. The van der Waals surface area contributed by atoms with Crippen molar-refractivity contribution < 1.29 is 4.79 Å². The Morgan fingerprint density at radius 2 is 2.33 bits per heavy atom. The molecule has 12 heavy (non-hydrogen) atoms. The zero-order chi connectivity index (χ0) is 8.72. The van der Waals surface area contributed by atoms with Crippen molar-refractivity contribution in [2.24, 2.45) is 0 Å². The Balaban J connectivity index is 2.60. The first-order valence-corrected chi connectivity index (χ1v) is 3.96. The van der Waals surface area contributed by atoms with Crippen molar-refractivity contribution in [2.75, 3.05) is 0 Å². The quantitative estimate of drug-likeness (QED) is 0.622. The Morgan fingerprint density at radius 3 is 3.08 bits per heavy atom. The third kappa shape index (κ3) is 0.897. The minimum absolute atomic E-state index is 0.00583.